The Morgan fingerprint density at radius 2 is 1.34 bits per heavy atom. The molecule has 41 heavy (non-hydrogen) atoms. The van der Waals surface area contributed by atoms with Crippen LogP contribution in [0.15, 0.2) is 72.8 Å². The normalized spacial score (nSPS) is 13.4. The highest BCUT2D eigenvalue weighted by atomic mass is 31.2. The fraction of sp³-hybridized carbons (Fsp3) is 0.441. The number of hydrogen-bond acceptors (Lipinski definition) is 5. The topological polar surface area (TPSA) is 73.9 Å². The lowest BCUT2D eigenvalue weighted by molar-refractivity contribution is -0.125. The number of unbranched alkanes of at least 4 members (excludes halogenated alkanes) is 3. The highest BCUT2D eigenvalue weighted by Crippen LogP contribution is 2.53. The standard InChI is InChI=1S/C34H44NO5P/c1-4-6-23-39-41(37,40-24-7-5-2)25-13-12-22-34(33(36)35-26-27-18-20-28(38-3)21-19-27)31-16-10-8-14-29(31)30-15-9-11-17-32(30)34/h8-11,14-21H,4-7,12-13,22-26H2,1-3H3,(H,35,36). The van der Waals surface area contributed by atoms with E-state index in [1.807, 2.05) is 48.5 Å². The first-order chi connectivity index (χ1) is 20.0. The van der Waals surface area contributed by atoms with Crippen molar-refractivity contribution < 1.29 is 23.1 Å². The molecule has 4 rings (SSSR count). The number of benzene rings is 3. The first-order valence-electron chi connectivity index (χ1n) is 15.0. The summed E-state index contributed by atoms with van der Waals surface area (Å²) >= 11 is 0. The van der Waals surface area contributed by atoms with Gasteiger partial charge in [0.1, 0.15) is 11.2 Å². The average molecular weight is 578 g/mol. The molecule has 0 saturated carbocycles. The van der Waals surface area contributed by atoms with Gasteiger partial charge in [0, 0.05) is 6.54 Å². The van der Waals surface area contributed by atoms with Crippen LogP contribution in [0.3, 0.4) is 0 Å². The van der Waals surface area contributed by atoms with Gasteiger partial charge >= 0.3 is 7.60 Å². The summed E-state index contributed by atoms with van der Waals surface area (Å²) in [5.74, 6) is 0.761. The Morgan fingerprint density at radius 3 is 1.88 bits per heavy atom. The number of fused-ring (bicyclic) bond motifs is 3. The monoisotopic (exact) mass is 577 g/mol. The molecule has 0 spiro atoms. The number of methoxy groups -OCH3 is 1. The molecule has 1 amide bonds. The summed E-state index contributed by atoms with van der Waals surface area (Å²) in [5.41, 5.74) is 4.40. The molecule has 1 aliphatic carbocycles. The molecule has 7 heteroatoms. The summed E-state index contributed by atoms with van der Waals surface area (Å²) in [6.45, 7) is 5.47. The molecular weight excluding hydrogens is 533 g/mol. The summed E-state index contributed by atoms with van der Waals surface area (Å²) in [7, 11) is -1.55. The lowest BCUT2D eigenvalue weighted by atomic mass is 9.73. The minimum absolute atomic E-state index is 0.0210. The number of nitrogens with one attached hydrogen (secondary N) is 1. The SMILES string of the molecule is CCCCOP(=O)(CCCCC1(C(=O)NCc2ccc(OC)cc2)c2ccccc2-c2ccccc21)OCCCC. The van der Waals surface area contributed by atoms with Crippen molar-refractivity contribution in [2.75, 3.05) is 26.5 Å². The van der Waals surface area contributed by atoms with Crippen molar-refractivity contribution in [3.05, 3.63) is 89.5 Å². The zero-order valence-corrected chi connectivity index (χ0v) is 25.6. The Labute approximate surface area is 245 Å². The molecule has 0 unspecified atom stereocenters. The summed E-state index contributed by atoms with van der Waals surface area (Å²) in [6, 6.07) is 24.2. The van der Waals surface area contributed by atoms with E-state index in [1.54, 1.807) is 7.11 Å². The van der Waals surface area contributed by atoms with Gasteiger partial charge < -0.3 is 19.1 Å². The Hall–Kier alpha value is -2.92. The summed E-state index contributed by atoms with van der Waals surface area (Å²) in [5, 5.41) is 3.24. The van der Waals surface area contributed by atoms with Crippen molar-refractivity contribution in [2.24, 2.45) is 0 Å². The highest BCUT2D eigenvalue weighted by Gasteiger charge is 2.48. The van der Waals surface area contributed by atoms with Crippen LogP contribution in [0.5, 0.6) is 5.75 Å². The molecule has 0 bridgehead atoms. The first-order valence-corrected chi connectivity index (χ1v) is 16.7. The molecule has 1 N–H and O–H groups in total. The highest BCUT2D eigenvalue weighted by molar-refractivity contribution is 7.53. The third kappa shape index (κ3) is 7.30. The maximum Gasteiger partial charge on any atom is 0.330 e. The van der Waals surface area contributed by atoms with E-state index >= 15 is 0 Å². The van der Waals surface area contributed by atoms with Crippen LogP contribution >= 0.6 is 7.60 Å². The van der Waals surface area contributed by atoms with E-state index in [-0.39, 0.29) is 5.91 Å². The molecule has 0 fully saturated rings. The van der Waals surface area contributed by atoms with Crippen LogP contribution in [-0.2, 0) is 30.4 Å². The van der Waals surface area contributed by atoms with Gasteiger partial charge in [0.2, 0.25) is 5.91 Å². The number of hydrogen-bond donors (Lipinski definition) is 1. The lowest BCUT2D eigenvalue weighted by Crippen LogP contribution is -2.44. The molecule has 0 aromatic heterocycles. The van der Waals surface area contributed by atoms with Crippen molar-refractivity contribution in [2.45, 2.75) is 70.8 Å². The van der Waals surface area contributed by atoms with Crippen LogP contribution in [0.1, 0.15) is 75.5 Å². The van der Waals surface area contributed by atoms with Crippen molar-refractivity contribution in [1.82, 2.24) is 5.32 Å². The molecular formula is C34H44NO5P. The lowest BCUT2D eigenvalue weighted by Gasteiger charge is -2.31. The fourth-order valence-corrected chi connectivity index (χ4v) is 7.35. The van der Waals surface area contributed by atoms with E-state index in [0.29, 0.717) is 45.2 Å². The van der Waals surface area contributed by atoms with Gasteiger partial charge in [-0.05, 0) is 65.6 Å². The minimum atomic E-state index is -3.19. The van der Waals surface area contributed by atoms with Crippen LogP contribution in [-0.4, -0.2) is 32.4 Å². The molecule has 0 radical (unpaired) electrons. The van der Waals surface area contributed by atoms with Gasteiger partial charge in [-0.3, -0.25) is 9.36 Å². The van der Waals surface area contributed by atoms with E-state index in [4.69, 9.17) is 13.8 Å². The van der Waals surface area contributed by atoms with Crippen LogP contribution in [0.2, 0.25) is 0 Å². The third-order valence-electron chi connectivity index (χ3n) is 7.87. The van der Waals surface area contributed by atoms with E-state index in [1.165, 1.54) is 0 Å². The number of carbonyl (C=O) groups excluding carboxylic acids is 1. The van der Waals surface area contributed by atoms with E-state index < -0.39 is 13.0 Å². The Balaban J connectivity index is 1.55. The Kier molecular flexibility index (Phi) is 11.2. The number of carbonyl (C=O) groups is 1. The zero-order valence-electron chi connectivity index (χ0n) is 24.7. The summed E-state index contributed by atoms with van der Waals surface area (Å²) < 4.78 is 30.5. The molecule has 0 heterocycles. The van der Waals surface area contributed by atoms with Crippen molar-refractivity contribution >= 4 is 13.5 Å². The number of rotatable bonds is 17. The van der Waals surface area contributed by atoms with Crippen LogP contribution in [0.25, 0.3) is 11.1 Å². The second-order valence-electron chi connectivity index (χ2n) is 10.7. The van der Waals surface area contributed by atoms with Crippen molar-refractivity contribution in [1.29, 1.82) is 0 Å². The second kappa shape index (κ2) is 14.8. The summed E-state index contributed by atoms with van der Waals surface area (Å²) in [6.07, 6.45) is 5.96. The van der Waals surface area contributed by atoms with E-state index in [2.05, 4.69) is 43.4 Å². The molecule has 0 atom stereocenters. The molecule has 0 saturated heterocycles. The third-order valence-corrected chi connectivity index (χ3v) is 9.89. The van der Waals surface area contributed by atoms with E-state index in [0.717, 1.165) is 59.3 Å². The number of ether oxygens (including phenoxy) is 1. The van der Waals surface area contributed by atoms with Gasteiger partial charge in [0.15, 0.2) is 0 Å². The molecule has 0 aliphatic heterocycles. The first kappa shape index (κ1) is 31.0. The van der Waals surface area contributed by atoms with Gasteiger partial charge in [-0.1, -0.05) is 93.8 Å². The quantitative estimate of drug-likeness (QED) is 0.129. The second-order valence-corrected chi connectivity index (χ2v) is 12.9. The maximum atomic E-state index is 14.3. The van der Waals surface area contributed by atoms with Gasteiger partial charge in [0.05, 0.1) is 26.5 Å². The Bertz CT molecular complexity index is 1260. The molecule has 3 aromatic rings. The predicted octanol–water partition coefficient (Wildman–Crippen LogP) is 8.27. The maximum absolute atomic E-state index is 14.3. The number of amides is 1. The van der Waals surface area contributed by atoms with Crippen LogP contribution in [0.4, 0.5) is 0 Å². The van der Waals surface area contributed by atoms with Crippen molar-refractivity contribution in [3.8, 4) is 16.9 Å². The largest absolute Gasteiger partial charge is 0.497 e. The van der Waals surface area contributed by atoms with E-state index in [9.17, 15) is 9.36 Å². The molecule has 6 nitrogen and oxygen atoms in total. The van der Waals surface area contributed by atoms with Gasteiger partial charge in [-0.15, -0.1) is 0 Å². The zero-order chi connectivity index (χ0) is 29.1. The van der Waals surface area contributed by atoms with Gasteiger partial charge in [0.25, 0.3) is 0 Å². The smallest absolute Gasteiger partial charge is 0.330 e. The molecule has 1 aliphatic rings. The van der Waals surface area contributed by atoms with Gasteiger partial charge in [-0.2, -0.15) is 0 Å². The van der Waals surface area contributed by atoms with Gasteiger partial charge in [-0.25, -0.2) is 0 Å². The predicted molar refractivity (Wildman–Crippen MR) is 166 cm³/mol. The summed E-state index contributed by atoms with van der Waals surface area (Å²) in [4.78, 5) is 14.3. The fourth-order valence-electron chi connectivity index (χ4n) is 5.59. The van der Waals surface area contributed by atoms with Crippen LogP contribution in [0, 0.1) is 0 Å². The molecule has 3 aromatic carbocycles. The Morgan fingerprint density at radius 1 is 0.780 bits per heavy atom. The minimum Gasteiger partial charge on any atom is -0.497 e. The van der Waals surface area contributed by atoms with Crippen LogP contribution < -0.4 is 10.1 Å². The average Bonchev–Trinajstić information content (AvgIpc) is 3.29. The van der Waals surface area contributed by atoms with Crippen molar-refractivity contribution in [3.63, 3.8) is 0 Å². The molecule has 220 valence electrons.